The van der Waals surface area contributed by atoms with Crippen molar-refractivity contribution in [1.82, 2.24) is 0 Å². The summed E-state index contributed by atoms with van der Waals surface area (Å²) in [6.07, 6.45) is 6.07. The van der Waals surface area contributed by atoms with E-state index >= 15 is 0 Å². The van der Waals surface area contributed by atoms with Crippen molar-refractivity contribution in [1.29, 1.82) is 0 Å². The highest BCUT2D eigenvalue weighted by Crippen LogP contribution is 2.07. The van der Waals surface area contributed by atoms with Crippen LogP contribution in [0.4, 0.5) is 0 Å². The lowest BCUT2D eigenvalue weighted by Gasteiger charge is -1.92. The largest absolute Gasteiger partial charge is 0.0985 e. The lowest BCUT2D eigenvalue weighted by atomic mass is 10.1. The molecule has 0 radical (unpaired) electrons. The maximum Gasteiger partial charge on any atom is -0.0256 e. The second-order valence-electron chi connectivity index (χ2n) is 6.42. The number of hydrogen-bond acceptors (Lipinski definition) is 0. The molecule has 0 nitrogen and oxygen atoms in total. The predicted octanol–water partition coefficient (Wildman–Crippen LogP) is 8.18. The first kappa shape index (κ1) is 21.7. The molecule has 144 valence electrons. The standard InChI is InChI=1S/C14H12.C8H8.C7H8/c1-3-7-13(8-4-1)11-12-14-9-5-2-6-10-14;1-2-8-6-4-3-5-7-8;1-7-5-3-2-4-6-7/h1-12H;2-7H,1H2;2-6H,1H3. The first-order valence-corrected chi connectivity index (χ1v) is 9.75. The van der Waals surface area contributed by atoms with Gasteiger partial charge in [0, 0.05) is 0 Å². The van der Waals surface area contributed by atoms with Gasteiger partial charge in [0.25, 0.3) is 0 Å². The quantitative estimate of drug-likeness (QED) is 0.316. The second kappa shape index (κ2) is 13.5. The van der Waals surface area contributed by atoms with Crippen LogP contribution in [0.25, 0.3) is 18.2 Å². The van der Waals surface area contributed by atoms with E-state index in [1.54, 1.807) is 0 Å². The molecule has 4 aromatic rings. The summed E-state index contributed by atoms with van der Waals surface area (Å²) in [7, 11) is 0. The van der Waals surface area contributed by atoms with Gasteiger partial charge in [0.1, 0.15) is 0 Å². The topological polar surface area (TPSA) is 0 Å². The van der Waals surface area contributed by atoms with Gasteiger partial charge in [0.05, 0.1) is 0 Å². The molecule has 0 saturated heterocycles. The van der Waals surface area contributed by atoms with Crippen molar-refractivity contribution < 1.29 is 0 Å². The highest BCUT2D eigenvalue weighted by molar-refractivity contribution is 5.69. The molecule has 0 amide bonds. The fourth-order valence-electron chi connectivity index (χ4n) is 2.44. The fraction of sp³-hybridized carbons (Fsp3) is 0.0345. The van der Waals surface area contributed by atoms with Gasteiger partial charge in [0.15, 0.2) is 0 Å². The van der Waals surface area contributed by atoms with Gasteiger partial charge in [-0.05, 0) is 23.6 Å². The summed E-state index contributed by atoms with van der Waals surface area (Å²) in [4.78, 5) is 0. The Bertz CT molecular complexity index is 896. The van der Waals surface area contributed by atoms with Crippen molar-refractivity contribution in [2.75, 3.05) is 0 Å². The third kappa shape index (κ3) is 9.74. The Labute approximate surface area is 175 Å². The minimum atomic E-state index is 1.17. The number of hydrogen-bond donors (Lipinski definition) is 0. The molecule has 0 aliphatic rings. The van der Waals surface area contributed by atoms with Crippen LogP contribution >= 0.6 is 0 Å². The Hall–Kier alpha value is -3.64. The molecule has 4 aromatic carbocycles. The van der Waals surface area contributed by atoms with Crippen LogP contribution in [0.2, 0.25) is 0 Å². The predicted molar refractivity (Wildman–Crippen MR) is 130 cm³/mol. The summed E-state index contributed by atoms with van der Waals surface area (Å²) in [6, 6.07) is 40.9. The molecule has 0 atom stereocenters. The molecule has 0 fully saturated rings. The zero-order valence-electron chi connectivity index (χ0n) is 17.0. The van der Waals surface area contributed by atoms with Crippen molar-refractivity contribution >= 4 is 18.2 Å². The van der Waals surface area contributed by atoms with Crippen LogP contribution in [0.3, 0.4) is 0 Å². The fourth-order valence-corrected chi connectivity index (χ4v) is 2.44. The minimum absolute atomic E-state index is 1.17. The molecule has 29 heavy (non-hydrogen) atoms. The Kier molecular flexibility index (Phi) is 10.1. The van der Waals surface area contributed by atoms with Gasteiger partial charge >= 0.3 is 0 Å². The molecule has 0 aromatic heterocycles. The van der Waals surface area contributed by atoms with E-state index in [0.717, 1.165) is 0 Å². The average Bonchev–Trinajstić information content (AvgIpc) is 2.81. The highest BCUT2D eigenvalue weighted by atomic mass is 13.9. The molecule has 0 aliphatic heterocycles. The van der Waals surface area contributed by atoms with E-state index in [1.807, 2.05) is 91.0 Å². The maximum absolute atomic E-state index is 3.63. The van der Waals surface area contributed by atoms with Crippen LogP contribution < -0.4 is 0 Å². The normalized spacial score (nSPS) is 9.55. The molecule has 0 N–H and O–H groups in total. The molecule has 0 heteroatoms. The Morgan fingerprint density at radius 2 is 0.759 bits per heavy atom. The van der Waals surface area contributed by atoms with Gasteiger partial charge in [-0.1, -0.05) is 152 Å². The summed E-state index contributed by atoms with van der Waals surface area (Å²) in [5.41, 5.74) is 4.96. The molecule has 0 heterocycles. The molecule has 0 bridgehead atoms. The van der Waals surface area contributed by atoms with E-state index < -0.39 is 0 Å². The molecule has 0 unspecified atom stereocenters. The van der Waals surface area contributed by atoms with Crippen LogP contribution in [0.15, 0.2) is 128 Å². The van der Waals surface area contributed by atoms with E-state index in [4.69, 9.17) is 0 Å². The Balaban J connectivity index is 0.000000170. The summed E-state index contributed by atoms with van der Waals surface area (Å²) < 4.78 is 0. The molecule has 4 rings (SSSR count). The van der Waals surface area contributed by atoms with Crippen molar-refractivity contribution in [3.63, 3.8) is 0 Å². The Morgan fingerprint density at radius 3 is 1.00 bits per heavy atom. The highest BCUT2D eigenvalue weighted by Gasteiger charge is 1.84. The van der Waals surface area contributed by atoms with Crippen molar-refractivity contribution in [3.05, 3.63) is 150 Å². The van der Waals surface area contributed by atoms with Crippen molar-refractivity contribution in [3.8, 4) is 0 Å². The molecule has 0 saturated carbocycles. The number of rotatable bonds is 3. The Morgan fingerprint density at radius 1 is 0.448 bits per heavy atom. The maximum atomic E-state index is 3.63. The lowest BCUT2D eigenvalue weighted by molar-refractivity contribution is 1.48. The molecular formula is C29H28. The summed E-state index contributed by atoms with van der Waals surface area (Å²) in [5.74, 6) is 0. The summed E-state index contributed by atoms with van der Waals surface area (Å²) >= 11 is 0. The van der Waals surface area contributed by atoms with Gasteiger partial charge in [0.2, 0.25) is 0 Å². The van der Waals surface area contributed by atoms with E-state index in [9.17, 15) is 0 Å². The zero-order chi connectivity index (χ0) is 20.6. The van der Waals surface area contributed by atoms with Crippen molar-refractivity contribution in [2.45, 2.75) is 6.92 Å². The van der Waals surface area contributed by atoms with Crippen LogP contribution in [0, 0.1) is 6.92 Å². The third-order valence-electron chi connectivity index (χ3n) is 4.04. The first-order valence-electron chi connectivity index (χ1n) is 9.75. The molecular weight excluding hydrogens is 348 g/mol. The van der Waals surface area contributed by atoms with E-state index in [2.05, 4.69) is 62.1 Å². The summed E-state index contributed by atoms with van der Waals surface area (Å²) in [6.45, 7) is 5.71. The lowest BCUT2D eigenvalue weighted by Crippen LogP contribution is -1.70. The van der Waals surface area contributed by atoms with Gasteiger partial charge in [-0.2, -0.15) is 0 Å². The zero-order valence-corrected chi connectivity index (χ0v) is 17.0. The SMILES string of the molecule is C(=Cc1ccccc1)c1ccccc1.C=Cc1ccccc1.Cc1ccccc1. The monoisotopic (exact) mass is 376 g/mol. The van der Waals surface area contributed by atoms with E-state index in [1.165, 1.54) is 22.3 Å². The second-order valence-corrected chi connectivity index (χ2v) is 6.42. The van der Waals surface area contributed by atoms with E-state index in [0.29, 0.717) is 0 Å². The average molecular weight is 377 g/mol. The summed E-state index contributed by atoms with van der Waals surface area (Å²) in [5, 5.41) is 0. The smallest absolute Gasteiger partial charge is 0.0256 e. The molecule has 0 spiro atoms. The first-order chi connectivity index (χ1) is 14.3. The number of aryl methyl sites for hydroxylation is 1. The van der Waals surface area contributed by atoms with Crippen LogP contribution in [-0.2, 0) is 0 Å². The van der Waals surface area contributed by atoms with Crippen LogP contribution in [-0.4, -0.2) is 0 Å². The molecule has 0 aliphatic carbocycles. The van der Waals surface area contributed by atoms with Gasteiger partial charge in [-0.3, -0.25) is 0 Å². The van der Waals surface area contributed by atoms with Gasteiger partial charge < -0.3 is 0 Å². The van der Waals surface area contributed by atoms with E-state index in [-0.39, 0.29) is 0 Å². The van der Waals surface area contributed by atoms with Crippen LogP contribution in [0.1, 0.15) is 22.3 Å². The number of benzene rings is 4. The minimum Gasteiger partial charge on any atom is -0.0985 e. The van der Waals surface area contributed by atoms with Gasteiger partial charge in [-0.25, -0.2) is 0 Å². The van der Waals surface area contributed by atoms with Crippen LogP contribution in [0.5, 0.6) is 0 Å². The third-order valence-corrected chi connectivity index (χ3v) is 4.04. The van der Waals surface area contributed by atoms with Crippen molar-refractivity contribution in [2.24, 2.45) is 0 Å². The van der Waals surface area contributed by atoms with Gasteiger partial charge in [-0.15, -0.1) is 0 Å².